The maximum absolute atomic E-state index is 4.45. The van der Waals surface area contributed by atoms with E-state index in [1.165, 1.54) is 5.01 Å². The van der Waals surface area contributed by atoms with E-state index in [0.717, 1.165) is 31.2 Å². The zero-order valence-electron chi connectivity index (χ0n) is 9.89. The molecule has 4 nitrogen and oxygen atoms in total. The second-order valence-electron chi connectivity index (χ2n) is 3.75. The van der Waals surface area contributed by atoms with Gasteiger partial charge in [0.1, 0.15) is 0 Å². The molecule has 0 saturated heterocycles. The van der Waals surface area contributed by atoms with Gasteiger partial charge < -0.3 is 9.88 Å². The van der Waals surface area contributed by atoms with Crippen molar-refractivity contribution in [3.05, 3.63) is 41.1 Å². The molecule has 0 aromatic carbocycles. The monoisotopic (exact) mass is 248 g/mol. The van der Waals surface area contributed by atoms with Crippen LogP contribution in [0.25, 0.3) is 0 Å². The Labute approximate surface area is 105 Å². The van der Waals surface area contributed by atoms with Crippen LogP contribution in [0.1, 0.15) is 10.7 Å². The average Bonchev–Trinajstić information content (AvgIpc) is 2.92. The Morgan fingerprint density at radius 3 is 3.18 bits per heavy atom. The van der Waals surface area contributed by atoms with E-state index in [1.807, 2.05) is 19.2 Å². The van der Waals surface area contributed by atoms with Crippen LogP contribution in [-0.4, -0.2) is 21.1 Å². The zero-order valence-corrected chi connectivity index (χ0v) is 10.7. The summed E-state index contributed by atoms with van der Waals surface area (Å²) in [6.07, 6.45) is 6.55. The fourth-order valence-electron chi connectivity index (χ4n) is 1.55. The van der Waals surface area contributed by atoms with Gasteiger partial charge in [0.05, 0.1) is 5.01 Å². The first-order chi connectivity index (χ1) is 8.29. The molecule has 2 rings (SSSR count). The van der Waals surface area contributed by atoms with Gasteiger partial charge in [-0.05, 0) is 6.92 Å². The third kappa shape index (κ3) is 3.17. The number of aryl methyl sites for hydroxylation is 3. The maximum atomic E-state index is 4.45. The molecule has 1 N–H and O–H groups in total. The van der Waals surface area contributed by atoms with E-state index in [9.17, 15) is 0 Å². The number of hydrogen-bond donors (Lipinski definition) is 1. The van der Waals surface area contributed by atoms with Crippen molar-refractivity contribution in [2.45, 2.75) is 19.9 Å². The molecule has 0 aliphatic carbocycles. The van der Waals surface area contributed by atoms with Gasteiger partial charge in [-0.2, -0.15) is 0 Å². The van der Waals surface area contributed by atoms with Crippen LogP contribution in [-0.2, 0) is 13.0 Å². The minimum atomic E-state index is 0.730. The predicted octanol–water partition coefficient (Wildman–Crippen LogP) is 2.49. The Kier molecular flexibility index (Phi) is 3.93. The van der Waals surface area contributed by atoms with Crippen molar-refractivity contribution in [2.75, 3.05) is 11.9 Å². The first kappa shape index (κ1) is 11.9. The molecule has 5 heteroatoms. The second-order valence-corrected chi connectivity index (χ2v) is 4.69. The highest BCUT2D eigenvalue weighted by Crippen LogP contribution is 2.12. The molecule has 0 unspecified atom stereocenters. The first-order valence-electron chi connectivity index (χ1n) is 5.56. The highest BCUT2D eigenvalue weighted by Gasteiger charge is 2.03. The van der Waals surface area contributed by atoms with Crippen molar-refractivity contribution >= 4 is 17.3 Å². The molecule has 0 fully saturated rings. The standard InChI is InChI=1S/C12H16N4S/c1-3-5-13-12-14-6-8-16(12)7-4-11-15-10(2)9-17-11/h3,6,8-9H,1,4-5,7H2,2H3,(H,13,14). The third-order valence-corrected chi connectivity index (χ3v) is 3.38. The van der Waals surface area contributed by atoms with Crippen LogP contribution in [0.2, 0.25) is 0 Å². The van der Waals surface area contributed by atoms with Gasteiger partial charge in [-0.3, -0.25) is 0 Å². The van der Waals surface area contributed by atoms with Crippen molar-refractivity contribution in [2.24, 2.45) is 0 Å². The molecule has 2 heterocycles. The van der Waals surface area contributed by atoms with Crippen molar-refractivity contribution in [1.82, 2.24) is 14.5 Å². The van der Waals surface area contributed by atoms with Crippen LogP contribution in [0.5, 0.6) is 0 Å². The Hall–Kier alpha value is -1.62. The Morgan fingerprint density at radius 1 is 1.59 bits per heavy atom. The molecule has 0 bridgehead atoms. The number of imidazole rings is 1. The predicted molar refractivity (Wildman–Crippen MR) is 71.5 cm³/mol. The van der Waals surface area contributed by atoms with Crippen molar-refractivity contribution in [1.29, 1.82) is 0 Å². The van der Waals surface area contributed by atoms with E-state index in [1.54, 1.807) is 17.5 Å². The summed E-state index contributed by atoms with van der Waals surface area (Å²) in [5, 5.41) is 6.46. The molecule has 2 aromatic rings. The molecule has 90 valence electrons. The highest BCUT2D eigenvalue weighted by molar-refractivity contribution is 7.09. The normalized spacial score (nSPS) is 10.4. The second kappa shape index (κ2) is 5.63. The topological polar surface area (TPSA) is 42.7 Å². The van der Waals surface area contributed by atoms with Crippen molar-refractivity contribution < 1.29 is 0 Å². The van der Waals surface area contributed by atoms with Gasteiger partial charge in [0.2, 0.25) is 5.95 Å². The van der Waals surface area contributed by atoms with E-state index in [2.05, 4.69) is 31.8 Å². The molecule has 17 heavy (non-hydrogen) atoms. The fourth-order valence-corrected chi connectivity index (χ4v) is 2.32. The lowest BCUT2D eigenvalue weighted by Gasteiger charge is -2.07. The van der Waals surface area contributed by atoms with Crippen molar-refractivity contribution in [3.63, 3.8) is 0 Å². The number of aromatic nitrogens is 3. The number of nitrogens with zero attached hydrogens (tertiary/aromatic N) is 3. The van der Waals surface area contributed by atoms with Gasteiger partial charge in [-0.15, -0.1) is 17.9 Å². The SMILES string of the molecule is C=CCNc1nccn1CCc1nc(C)cs1. The summed E-state index contributed by atoms with van der Waals surface area (Å²) >= 11 is 1.71. The van der Waals surface area contributed by atoms with Gasteiger partial charge in [0, 0.05) is 43.0 Å². The Balaban J connectivity index is 1.94. The molecule has 0 atom stereocenters. The van der Waals surface area contributed by atoms with Crippen LogP contribution in [0, 0.1) is 6.92 Å². The van der Waals surface area contributed by atoms with Crippen LogP contribution >= 0.6 is 11.3 Å². The minimum absolute atomic E-state index is 0.730. The molecule has 0 spiro atoms. The zero-order chi connectivity index (χ0) is 12.1. The number of nitrogens with one attached hydrogen (secondary N) is 1. The average molecular weight is 248 g/mol. The molecule has 0 amide bonds. The van der Waals surface area contributed by atoms with Gasteiger partial charge in [0.25, 0.3) is 0 Å². The van der Waals surface area contributed by atoms with Crippen LogP contribution < -0.4 is 5.32 Å². The summed E-state index contributed by atoms with van der Waals surface area (Å²) < 4.78 is 2.10. The minimum Gasteiger partial charge on any atom is -0.352 e. The third-order valence-electron chi connectivity index (χ3n) is 2.35. The van der Waals surface area contributed by atoms with Gasteiger partial charge in [0.15, 0.2) is 0 Å². The highest BCUT2D eigenvalue weighted by atomic mass is 32.1. The smallest absolute Gasteiger partial charge is 0.203 e. The number of thiazole rings is 1. The summed E-state index contributed by atoms with van der Waals surface area (Å²) in [5.41, 5.74) is 1.10. The van der Waals surface area contributed by atoms with Crippen LogP contribution in [0.15, 0.2) is 30.4 Å². The van der Waals surface area contributed by atoms with E-state index in [0.29, 0.717) is 0 Å². The van der Waals surface area contributed by atoms with E-state index < -0.39 is 0 Å². The molecule has 0 saturated carbocycles. The number of rotatable bonds is 6. The summed E-state index contributed by atoms with van der Waals surface area (Å²) in [6.45, 7) is 7.33. The maximum Gasteiger partial charge on any atom is 0.203 e. The summed E-state index contributed by atoms with van der Waals surface area (Å²) in [5.74, 6) is 0.887. The summed E-state index contributed by atoms with van der Waals surface area (Å²) in [6, 6.07) is 0. The molecular weight excluding hydrogens is 232 g/mol. The van der Waals surface area contributed by atoms with Crippen LogP contribution in [0.3, 0.4) is 0 Å². The molecular formula is C12H16N4S. The molecule has 2 aromatic heterocycles. The number of hydrogen-bond acceptors (Lipinski definition) is 4. The van der Waals surface area contributed by atoms with E-state index >= 15 is 0 Å². The van der Waals surface area contributed by atoms with Gasteiger partial charge >= 0.3 is 0 Å². The van der Waals surface area contributed by atoms with Crippen LogP contribution in [0.4, 0.5) is 5.95 Å². The quantitative estimate of drug-likeness (QED) is 0.799. The lowest BCUT2D eigenvalue weighted by atomic mass is 10.4. The van der Waals surface area contributed by atoms with Gasteiger partial charge in [-0.25, -0.2) is 9.97 Å². The largest absolute Gasteiger partial charge is 0.352 e. The molecule has 0 radical (unpaired) electrons. The van der Waals surface area contributed by atoms with Crippen molar-refractivity contribution in [3.8, 4) is 0 Å². The number of anilines is 1. The Morgan fingerprint density at radius 2 is 2.47 bits per heavy atom. The summed E-state index contributed by atoms with van der Waals surface area (Å²) in [7, 11) is 0. The summed E-state index contributed by atoms with van der Waals surface area (Å²) in [4.78, 5) is 8.71. The molecule has 0 aliphatic rings. The molecule has 0 aliphatic heterocycles. The van der Waals surface area contributed by atoms with E-state index in [4.69, 9.17) is 0 Å². The first-order valence-corrected chi connectivity index (χ1v) is 6.44. The fraction of sp³-hybridized carbons (Fsp3) is 0.333. The lowest BCUT2D eigenvalue weighted by molar-refractivity contribution is 0.698. The van der Waals surface area contributed by atoms with Gasteiger partial charge in [-0.1, -0.05) is 6.08 Å². The lowest BCUT2D eigenvalue weighted by Crippen LogP contribution is -2.08. The Bertz CT molecular complexity index is 486. The van der Waals surface area contributed by atoms with E-state index in [-0.39, 0.29) is 0 Å².